The molecule has 84 valence electrons. The fourth-order valence-corrected chi connectivity index (χ4v) is 0.561. The van der Waals surface area contributed by atoms with Crippen LogP contribution in [0.25, 0.3) is 0 Å². The SMILES string of the molecule is CCOC(=O)C(O)(F)C(O)C(F)(F)F. The normalized spacial score (nSPS) is 18.5. The molecule has 8 heteroatoms. The highest BCUT2D eigenvalue weighted by molar-refractivity contribution is 5.78. The zero-order valence-electron chi connectivity index (χ0n) is 7.01. The number of esters is 1. The molecule has 0 aromatic heterocycles. The average Bonchev–Trinajstić information content (AvgIpc) is 2.01. The minimum Gasteiger partial charge on any atom is -0.462 e. The molecule has 0 spiro atoms. The Bertz CT molecular complexity index is 212. The molecule has 14 heavy (non-hydrogen) atoms. The summed E-state index contributed by atoms with van der Waals surface area (Å²) in [5, 5.41) is 16.7. The summed E-state index contributed by atoms with van der Waals surface area (Å²) in [7, 11) is 0. The van der Waals surface area contributed by atoms with E-state index in [0.717, 1.165) is 0 Å². The van der Waals surface area contributed by atoms with Crippen molar-refractivity contribution in [3.8, 4) is 0 Å². The number of carbonyl (C=O) groups is 1. The van der Waals surface area contributed by atoms with Crippen LogP contribution in [-0.4, -0.2) is 40.9 Å². The number of aliphatic hydroxyl groups is 2. The van der Waals surface area contributed by atoms with Crippen LogP contribution in [-0.2, 0) is 9.53 Å². The van der Waals surface area contributed by atoms with Crippen LogP contribution in [0.1, 0.15) is 6.92 Å². The van der Waals surface area contributed by atoms with Gasteiger partial charge in [0.1, 0.15) is 0 Å². The van der Waals surface area contributed by atoms with Crippen LogP contribution in [0.4, 0.5) is 17.6 Å². The van der Waals surface area contributed by atoms with Crippen molar-refractivity contribution in [2.75, 3.05) is 6.61 Å². The Morgan fingerprint density at radius 3 is 2.14 bits per heavy atom. The van der Waals surface area contributed by atoms with Gasteiger partial charge in [-0.1, -0.05) is 0 Å². The first-order valence-corrected chi connectivity index (χ1v) is 3.47. The van der Waals surface area contributed by atoms with Gasteiger partial charge in [-0.2, -0.15) is 17.6 Å². The van der Waals surface area contributed by atoms with E-state index in [0.29, 0.717) is 0 Å². The van der Waals surface area contributed by atoms with E-state index in [-0.39, 0.29) is 0 Å². The smallest absolute Gasteiger partial charge is 0.420 e. The summed E-state index contributed by atoms with van der Waals surface area (Å²) in [4.78, 5) is 10.4. The molecule has 0 rings (SSSR count). The summed E-state index contributed by atoms with van der Waals surface area (Å²) in [5.74, 6) is -6.65. The van der Waals surface area contributed by atoms with Crippen molar-refractivity contribution >= 4 is 5.97 Å². The first-order chi connectivity index (χ1) is 6.14. The van der Waals surface area contributed by atoms with E-state index in [9.17, 15) is 22.4 Å². The Balaban J connectivity index is 4.69. The quantitative estimate of drug-likeness (QED) is 0.524. The lowest BCUT2D eigenvalue weighted by Gasteiger charge is -2.24. The highest BCUT2D eigenvalue weighted by atomic mass is 19.4. The molecule has 0 amide bonds. The molecule has 0 aliphatic rings. The molecule has 0 aromatic rings. The fourth-order valence-electron chi connectivity index (χ4n) is 0.561. The predicted octanol–water partition coefficient (Wildman–Crippen LogP) is 0.131. The molecule has 2 unspecified atom stereocenters. The van der Waals surface area contributed by atoms with Gasteiger partial charge in [0, 0.05) is 0 Å². The fraction of sp³-hybridized carbons (Fsp3) is 0.833. The molecule has 4 nitrogen and oxygen atoms in total. The molecular weight excluding hydrogens is 212 g/mol. The maximum absolute atomic E-state index is 12.7. The van der Waals surface area contributed by atoms with E-state index < -0.39 is 30.7 Å². The minimum absolute atomic E-state index is 0.421. The van der Waals surface area contributed by atoms with E-state index in [1.807, 2.05) is 0 Å². The largest absolute Gasteiger partial charge is 0.462 e. The lowest BCUT2D eigenvalue weighted by atomic mass is 10.1. The van der Waals surface area contributed by atoms with Gasteiger partial charge in [0.05, 0.1) is 6.61 Å². The van der Waals surface area contributed by atoms with Crippen LogP contribution in [0, 0.1) is 0 Å². The summed E-state index contributed by atoms with van der Waals surface area (Å²) >= 11 is 0. The Hall–Kier alpha value is -0.890. The molecule has 0 saturated heterocycles. The predicted molar refractivity (Wildman–Crippen MR) is 34.8 cm³/mol. The van der Waals surface area contributed by atoms with Gasteiger partial charge in [-0.05, 0) is 6.92 Å². The monoisotopic (exact) mass is 220 g/mol. The molecule has 0 radical (unpaired) electrons. The first kappa shape index (κ1) is 13.1. The van der Waals surface area contributed by atoms with Crippen molar-refractivity contribution in [2.45, 2.75) is 25.1 Å². The summed E-state index contributed by atoms with van der Waals surface area (Å²) in [6, 6.07) is 0. The number of alkyl halides is 4. The molecule has 0 aliphatic heterocycles. The molecule has 0 fully saturated rings. The third kappa shape index (κ3) is 2.81. The zero-order chi connectivity index (χ0) is 11.6. The van der Waals surface area contributed by atoms with Gasteiger partial charge in [-0.3, -0.25) is 0 Å². The lowest BCUT2D eigenvalue weighted by molar-refractivity contribution is -0.289. The van der Waals surface area contributed by atoms with E-state index in [1.165, 1.54) is 6.92 Å². The topological polar surface area (TPSA) is 66.8 Å². The van der Waals surface area contributed by atoms with Crippen molar-refractivity contribution in [3.63, 3.8) is 0 Å². The van der Waals surface area contributed by atoms with E-state index >= 15 is 0 Å². The minimum atomic E-state index is -5.45. The molecule has 2 N–H and O–H groups in total. The van der Waals surface area contributed by atoms with Gasteiger partial charge in [0.15, 0.2) is 0 Å². The molecule has 2 atom stereocenters. The van der Waals surface area contributed by atoms with Crippen LogP contribution >= 0.6 is 0 Å². The van der Waals surface area contributed by atoms with Crippen LogP contribution in [0.5, 0.6) is 0 Å². The van der Waals surface area contributed by atoms with Crippen molar-refractivity contribution in [1.29, 1.82) is 0 Å². The van der Waals surface area contributed by atoms with Crippen molar-refractivity contribution in [1.82, 2.24) is 0 Å². The molecule has 0 saturated carbocycles. The van der Waals surface area contributed by atoms with E-state index in [1.54, 1.807) is 0 Å². The van der Waals surface area contributed by atoms with Gasteiger partial charge in [-0.15, -0.1) is 0 Å². The number of ether oxygens (including phenoxy) is 1. The highest BCUT2D eigenvalue weighted by Crippen LogP contribution is 2.30. The summed E-state index contributed by atoms with van der Waals surface area (Å²) in [6.45, 7) is 0.781. The van der Waals surface area contributed by atoms with Crippen LogP contribution in [0.15, 0.2) is 0 Å². The van der Waals surface area contributed by atoms with Gasteiger partial charge >= 0.3 is 18.0 Å². The highest BCUT2D eigenvalue weighted by Gasteiger charge is 2.58. The Morgan fingerprint density at radius 1 is 1.43 bits per heavy atom. The summed E-state index contributed by atoms with van der Waals surface area (Å²) in [5.41, 5.74) is 0. The second kappa shape index (κ2) is 4.09. The van der Waals surface area contributed by atoms with Gasteiger partial charge in [-0.25, -0.2) is 4.79 Å². The van der Waals surface area contributed by atoms with E-state index in [4.69, 9.17) is 10.2 Å². The Labute approximate surface area is 76.1 Å². The third-order valence-corrected chi connectivity index (χ3v) is 1.23. The van der Waals surface area contributed by atoms with Crippen LogP contribution < -0.4 is 0 Å². The maximum Gasteiger partial charge on any atom is 0.420 e. The second-order valence-electron chi connectivity index (χ2n) is 2.34. The first-order valence-electron chi connectivity index (χ1n) is 3.47. The summed E-state index contributed by atoms with van der Waals surface area (Å²) < 4.78 is 51.5. The third-order valence-electron chi connectivity index (χ3n) is 1.23. The number of rotatable bonds is 3. The maximum atomic E-state index is 12.7. The van der Waals surface area contributed by atoms with E-state index in [2.05, 4.69) is 4.74 Å². The number of halogens is 4. The number of hydrogen-bond donors (Lipinski definition) is 2. The lowest BCUT2D eigenvalue weighted by Crippen LogP contribution is -2.53. The van der Waals surface area contributed by atoms with Crippen LogP contribution in [0.2, 0.25) is 0 Å². The van der Waals surface area contributed by atoms with Gasteiger partial charge in [0.25, 0.3) is 0 Å². The Kier molecular flexibility index (Phi) is 3.83. The number of carbonyl (C=O) groups excluding carboxylic acids is 1. The average molecular weight is 220 g/mol. The zero-order valence-corrected chi connectivity index (χ0v) is 7.01. The number of hydrogen-bond acceptors (Lipinski definition) is 4. The molecular formula is C6H8F4O4. The summed E-state index contributed by atoms with van der Waals surface area (Å²) in [6.07, 6.45) is -9.27. The second-order valence-corrected chi connectivity index (χ2v) is 2.34. The molecule has 0 heterocycles. The molecule has 0 aliphatic carbocycles. The van der Waals surface area contributed by atoms with Gasteiger partial charge in [0.2, 0.25) is 6.10 Å². The van der Waals surface area contributed by atoms with Crippen molar-refractivity contribution in [3.05, 3.63) is 0 Å². The van der Waals surface area contributed by atoms with Gasteiger partial charge < -0.3 is 14.9 Å². The van der Waals surface area contributed by atoms with Crippen molar-refractivity contribution in [2.24, 2.45) is 0 Å². The number of aliphatic hydroxyl groups excluding tert-OH is 1. The van der Waals surface area contributed by atoms with Crippen LogP contribution in [0.3, 0.4) is 0 Å². The van der Waals surface area contributed by atoms with Crippen molar-refractivity contribution < 1.29 is 37.3 Å². The Morgan fingerprint density at radius 2 is 1.86 bits per heavy atom. The molecule has 0 bridgehead atoms. The molecule has 0 aromatic carbocycles. The standard InChI is InChI=1S/C6H8F4O4/c1-2-14-4(12)5(7,13)3(11)6(8,9)10/h3,11,13H,2H2,1H3.